The van der Waals surface area contributed by atoms with Crippen LogP contribution < -0.4 is 0 Å². The summed E-state index contributed by atoms with van der Waals surface area (Å²) in [5, 5.41) is 0. The summed E-state index contributed by atoms with van der Waals surface area (Å²) in [6.07, 6.45) is 0.251. The average Bonchev–Trinajstić information content (AvgIpc) is 2.09. The lowest BCUT2D eigenvalue weighted by Gasteiger charge is -2.03. The van der Waals surface area contributed by atoms with Gasteiger partial charge in [0, 0.05) is 0 Å². The van der Waals surface area contributed by atoms with E-state index in [1.165, 1.54) is 7.11 Å². The topological polar surface area (TPSA) is 35.5 Å². The molecule has 0 bridgehead atoms. The van der Waals surface area contributed by atoms with Crippen LogP contribution in [0.2, 0.25) is 0 Å². The average molecular weight is 180 g/mol. The number of benzene rings is 1. The van der Waals surface area contributed by atoms with Gasteiger partial charge in [-0.2, -0.15) is 4.89 Å². The molecule has 1 aromatic carbocycles. The molecule has 0 aliphatic heterocycles. The van der Waals surface area contributed by atoms with Gasteiger partial charge in [-0.05, 0) is 18.1 Å². The first-order valence-electron chi connectivity index (χ1n) is 4.02. The predicted molar refractivity (Wildman–Crippen MR) is 48.0 cm³/mol. The maximum Gasteiger partial charge on any atom is 0.346 e. The SMILES string of the molecule is COOC(=O)Cc1ccccc1C. The van der Waals surface area contributed by atoms with Crippen LogP contribution in [0.1, 0.15) is 11.1 Å². The zero-order valence-corrected chi connectivity index (χ0v) is 7.74. The largest absolute Gasteiger partial charge is 0.346 e. The van der Waals surface area contributed by atoms with E-state index in [1.807, 2.05) is 31.2 Å². The second-order valence-electron chi connectivity index (χ2n) is 2.73. The number of hydrogen-bond donors (Lipinski definition) is 0. The molecule has 0 saturated heterocycles. The minimum atomic E-state index is -0.378. The zero-order chi connectivity index (χ0) is 9.68. The molecule has 70 valence electrons. The van der Waals surface area contributed by atoms with E-state index in [4.69, 9.17) is 0 Å². The first kappa shape index (κ1) is 9.74. The van der Waals surface area contributed by atoms with E-state index >= 15 is 0 Å². The van der Waals surface area contributed by atoms with Crippen molar-refractivity contribution >= 4 is 5.97 Å². The van der Waals surface area contributed by atoms with E-state index < -0.39 is 0 Å². The van der Waals surface area contributed by atoms with Crippen LogP contribution in [-0.4, -0.2) is 13.1 Å². The van der Waals surface area contributed by atoms with Gasteiger partial charge in [0.05, 0.1) is 13.5 Å². The zero-order valence-electron chi connectivity index (χ0n) is 7.74. The van der Waals surface area contributed by atoms with Crippen LogP contribution in [-0.2, 0) is 21.0 Å². The highest BCUT2D eigenvalue weighted by molar-refractivity contribution is 5.72. The van der Waals surface area contributed by atoms with E-state index in [0.717, 1.165) is 11.1 Å². The van der Waals surface area contributed by atoms with E-state index in [1.54, 1.807) is 0 Å². The second-order valence-corrected chi connectivity index (χ2v) is 2.73. The van der Waals surface area contributed by atoms with Crippen molar-refractivity contribution in [3.05, 3.63) is 35.4 Å². The Labute approximate surface area is 77.2 Å². The molecule has 0 atom stereocenters. The summed E-state index contributed by atoms with van der Waals surface area (Å²) < 4.78 is 0. The summed E-state index contributed by atoms with van der Waals surface area (Å²) in [7, 11) is 1.32. The Hall–Kier alpha value is -1.35. The van der Waals surface area contributed by atoms with Gasteiger partial charge in [-0.25, -0.2) is 4.79 Å². The van der Waals surface area contributed by atoms with Gasteiger partial charge in [-0.3, -0.25) is 4.89 Å². The van der Waals surface area contributed by atoms with Crippen molar-refractivity contribution in [2.75, 3.05) is 7.11 Å². The van der Waals surface area contributed by atoms with Crippen molar-refractivity contribution in [2.45, 2.75) is 13.3 Å². The minimum absolute atomic E-state index is 0.251. The van der Waals surface area contributed by atoms with Crippen LogP contribution in [0.25, 0.3) is 0 Å². The first-order chi connectivity index (χ1) is 6.24. The lowest BCUT2D eigenvalue weighted by Crippen LogP contribution is -2.07. The van der Waals surface area contributed by atoms with Gasteiger partial charge in [-0.1, -0.05) is 24.3 Å². The summed E-state index contributed by atoms with van der Waals surface area (Å²) in [5.41, 5.74) is 2.04. The van der Waals surface area contributed by atoms with Gasteiger partial charge < -0.3 is 0 Å². The summed E-state index contributed by atoms with van der Waals surface area (Å²) in [5.74, 6) is -0.378. The first-order valence-corrected chi connectivity index (χ1v) is 4.02. The minimum Gasteiger partial charge on any atom is -0.298 e. The lowest BCUT2D eigenvalue weighted by molar-refractivity contribution is -0.254. The Morgan fingerprint density at radius 2 is 2.08 bits per heavy atom. The van der Waals surface area contributed by atoms with Gasteiger partial charge in [0.25, 0.3) is 0 Å². The van der Waals surface area contributed by atoms with Crippen molar-refractivity contribution in [3.63, 3.8) is 0 Å². The number of carbonyl (C=O) groups excluding carboxylic acids is 1. The number of rotatable bonds is 3. The van der Waals surface area contributed by atoms with Gasteiger partial charge in [0.15, 0.2) is 0 Å². The van der Waals surface area contributed by atoms with Crippen LogP contribution in [0.4, 0.5) is 0 Å². The molecule has 0 spiro atoms. The monoisotopic (exact) mass is 180 g/mol. The normalized spacial score (nSPS) is 9.69. The molecule has 13 heavy (non-hydrogen) atoms. The van der Waals surface area contributed by atoms with Crippen LogP contribution in [0, 0.1) is 6.92 Å². The molecule has 0 aliphatic carbocycles. The molecule has 0 amide bonds. The summed E-state index contributed by atoms with van der Waals surface area (Å²) in [4.78, 5) is 19.6. The summed E-state index contributed by atoms with van der Waals surface area (Å²) >= 11 is 0. The van der Waals surface area contributed by atoms with Crippen molar-refractivity contribution in [2.24, 2.45) is 0 Å². The third kappa shape index (κ3) is 2.87. The molecule has 0 saturated carbocycles. The molecule has 0 aliphatic rings. The Morgan fingerprint density at radius 3 is 2.69 bits per heavy atom. The lowest BCUT2D eigenvalue weighted by atomic mass is 10.1. The van der Waals surface area contributed by atoms with Gasteiger partial charge in [0.1, 0.15) is 0 Å². The second kappa shape index (κ2) is 4.62. The highest BCUT2D eigenvalue weighted by Gasteiger charge is 2.06. The predicted octanol–water partition coefficient (Wildman–Crippen LogP) is 1.64. The Balaban J connectivity index is 2.63. The van der Waals surface area contributed by atoms with E-state index in [2.05, 4.69) is 9.78 Å². The van der Waals surface area contributed by atoms with Crippen LogP contribution >= 0.6 is 0 Å². The molecule has 0 heterocycles. The van der Waals surface area contributed by atoms with Gasteiger partial charge in [0.2, 0.25) is 0 Å². The Bertz CT molecular complexity index is 294. The fraction of sp³-hybridized carbons (Fsp3) is 0.300. The smallest absolute Gasteiger partial charge is 0.298 e. The maximum atomic E-state index is 11.0. The molecule has 0 radical (unpaired) electrons. The van der Waals surface area contributed by atoms with Crippen molar-refractivity contribution in [1.29, 1.82) is 0 Å². The van der Waals surface area contributed by atoms with E-state index in [-0.39, 0.29) is 12.4 Å². The molecule has 3 nitrogen and oxygen atoms in total. The van der Waals surface area contributed by atoms with Crippen molar-refractivity contribution in [1.82, 2.24) is 0 Å². The van der Waals surface area contributed by atoms with Crippen molar-refractivity contribution in [3.8, 4) is 0 Å². The number of carbonyl (C=O) groups is 1. The van der Waals surface area contributed by atoms with Crippen LogP contribution in [0.5, 0.6) is 0 Å². The molecular weight excluding hydrogens is 168 g/mol. The van der Waals surface area contributed by atoms with E-state index in [9.17, 15) is 4.79 Å². The summed E-state index contributed by atoms with van der Waals surface area (Å²) in [6, 6.07) is 7.67. The highest BCUT2D eigenvalue weighted by Crippen LogP contribution is 2.08. The number of aryl methyl sites for hydroxylation is 1. The third-order valence-electron chi connectivity index (χ3n) is 1.77. The highest BCUT2D eigenvalue weighted by atomic mass is 17.2. The molecular formula is C10H12O3. The quantitative estimate of drug-likeness (QED) is 0.524. The number of hydrogen-bond acceptors (Lipinski definition) is 3. The molecule has 0 N–H and O–H groups in total. The van der Waals surface area contributed by atoms with Crippen LogP contribution in [0.3, 0.4) is 0 Å². The standard InChI is InChI=1S/C10H12O3/c1-8-5-3-4-6-9(8)7-10(11)13-12-2/h3-6H,7H2,1-2H3. The Morgan fingerprint density at radius 1 is 1.38 bits per heavy atom. The third-order valence-corrected chi connectivity index (χ3v) is 1.77. The van der Waals surface area contributed by atoms with Crippen LogP contribution in [0.15, 0.2) is 24.3 Å². The van der Waals surface area contributed by atoms with Crippen molar-refractivity contribution < 1.29 is 14.6 Å². The molecule has 0 fully saturated rings. The molecule has 1 rings (SSSR count). The molecule has 3 heteroatoms. The molecule has 0 unspecified atom stereocenters. The van der Waals surface area contributed by atoms with Gasteiger partial charge >= 0.3 is 5.97 Å². The Kier molecular flexibility index (Phi) is 3.46. The van der Waals surface area contributed by atoms with E-state index in [0.29, 0.717) is 0 Å². The fourth-order valence-corrected chi connectivity index (χ4v) is 1.09. The maximum absolute atomic E-state index is 11.0. The van der Waals surface area contributed by atoms with Gasteiger partial charge in [-0.15, -0.1) is 0 Å². The molecule has 1 aromatic rings. The summed E-state index contributed by atoms with van der Waals surface area (Å²) in [6.45, 7) is 1.95. The molecule has 0 aromatic heterocycles. The fourth-order valence-electron chi connectivity index (χ4n) is 1.09.